The molecule has 2 unspecified atom stereocenters. The number of nitrogens with zero attached hydrogens (tertiary/aromatic N) is 3. The summed E-state index contributed by atoms with van der Waals surface area (Å²) in [6.07, 6.45) is 0.158. The number of carbonyl (C=O) groups excluding carboxylic acids is 1. The number of nitrogens with two attached hydrogens (primary N) is 2. The number of rotatable bonds is 3. The molecule has 1 saturated heterocycles. The summed E-state index contributed by atoms with van der Waals surface area (Å²) in [5, 5.41) is 2.77. The first-order chi connectivity index (χ1) is 15.0. The van der Waals surface area contributed by atoms with Crippen molar-refractivity contribution in [1.29, 1.82) is 0 Å². The molecule has 4 rings (SSSR count). The molecule has 0 aromatic carbocycles. The molecule has 0 bridgehead atoms. The zero-order valence-corrected chi connectivity index (χ0v) is 17.5. The monoisotopic (exact) mass is 448 g/mol. The molecule has 1 fully saturated rings. The second kappa shape index (κ2) is 7.97. The lowest BCUT2D eigenvalue weighted by Gasteiger charge is -2.38. The Bertz CT molecular complexity index is 1170. The van der Waals surface area contributed by atoms with Gasteiger partial charge < -0.3 is 26.1 Å². The van der Waals surface area contributed by atoms with Gasteiger partial charge in [0, 0.05) is 31.5 Å². The van der Waals surface area contributed by atoms with E-state index in [0.29, 0.717) is 24.3 Å². The standard InChI is InChI=1S/C21H23F3N6O2/c1-10-3-13(25)9-30(8-10)18-11(2)5-27-7-14(18)29-20(31)16-17-15(32-19(16)26)4-12(6-28-17)21(22,23)24/h4-7,10,13H,3,8-9,25-26H2,1-2H3,(H,29,31). The van der Waals surface area contributed by atoms with Gasteiger partial charge in [-0.1, -0.05) is 6.92 Å². The van der Waals surface area contributed by atoms with E-state index in [4.69, 9.17) is 15.9 Å². The molecular formula is C21H23F3N6O2. The Morgan fingerprint density at radius 1 is 1.28 bits per heavy atom. The zero-order valence-electron chi connectivity index (χ0n) is 17.5. The molecule has 5 N–H and O–H groups in total. The first-order valence-electron chi connectivity index (χ1n) is 10.1. The van der Waals surface area contributed by atoms with Crippen LogP contribution in [0.4, 0.5) is 30.4 Å². The number of nitrogen functional groups attached to an aromatic ring is 1. The smallest absolute Gasteiger partial charge is 0.418 e. The van der Waals surface area contributed by atoms with Crippen LogP contribution in [-0.4, -0.2) is 35.0 Å². The van der Waals surface area contributed by atoms with E-state index in [9.17, 15) is 18.0 Å². The molecule has 0 spiro atoms. The normalized spacial score (nSPS) is 19.4. The van der Waals surface area contributed by atoms with Crippen LogP contribution in [0.25, 0.3) is 11.1 Å². The number of carbonyl (C=O) groups is 1. The van der Waals surface area contributed by atoms with Crippen molar-refractivity contribution in [3.05, 3.63) is 41.3 Å². The van der Waals surface area contributed by atoms with Gasteiger partial charge in [0.05, 0.1) is 23.1 Å². The summed E-state index contributed by atoms with van der Waals surface area (Å²) >= 11 is 0. The van der Waals surface area contributed by atoms with E-state index in [1.807, 2.05) is 6.92 Å². The molecule has 4 heterocycles. The quantitative estimate of drug-likeness (QED) is 0.560. The largest absolute Gasteiger partial charge is 0.438 e. The second-order valence-electron chi connectivity index (χ2n) is 8.22. The molecule has 1 amide bonds. The summed E-state index contributed by atoms with van der Waals surface area (Å²) in [5.74, 6) is -0.605. The molecule has 32 heavy (non-hydrogen) atoms. The molecule has 0 radical (unpaired) electrons. The Morgan fingerprint density at radius 3 is 2.72 bits per heavy atom. The number of fused-ring (bicyclic) bond motifs is 1. The number of halogens is 3. The number of anilines is 3. The highest BCUT2D eigenvalue weighted by Crippen LogP contribution is 2.36. The van der Waals surface area contributed by atoms with Crippen LogP contribution in [-0.2, 0) is 6.18 Å². The molecule has 3 aromatic rings. The minimum absolute atomic E-state index is 0.00430. The van der Waals surface area contributed by atoms with E-state index in [2.05, 4.69) is 27.1 Å². The number of aromatic nitrogens is 2. The summed E-state index contributed by atoms with van der Waals surface area (Å²) in [6.45, 7) is 5.38. The van der Waals surface area contributed by atoms with E-state index in [1.54, 1.807) is 6.20 Å². The average molecular weight is 448 g/mol. The van der Waals surface area contributed by atoms with Crippen LogP contribution in [0.15, 0.2) is 29.1 Å². The van der Waals surface area contributed by atoms with E-state index in [0.717, 1.165) is 30.3 Å². The number of piperidine rings is 1. The lowest BCUT2D eigenvalue weighted by molar-refractivity contribution is -0.137. The highest BCUT2D eigenvalue weighted by atomic mass is 19.4. The number of hydrogen-bond acceptors (Lipinski definition) is 7. The third-order valence-electron chi connectivity index (χ3n) is 5.47. The maximum absolute atomic E-state index is 13.1. The van der Waals surface area contributed by atoms with Crippen molar-refractivity contribution in [3.63, 3.8) is 0 Å². The van der Waals surface area contributed by atoms with Crippen LogP contribution < -0.4 is 21.7 Å². The van der Waals surface area contributed by atoms with Gasteiger partial charge in [0.2, 0.25) is 5.88 Å². The molecule has 170 valence electrons. The molecule has 0 saturated carbocycles. The lowest BCUT2D eigenvalue weighted by Crippen LogP contribution is -2.47. The maximum Gasteiger partial charge on any atom is 0.418 e. The van der Waals surface area contributed by atoms with Gasteiger partial charge in [-0.25, -0.2) is 0 Å². The summed E-state index contributed by atoms with van der Waals surface area (Å²) in [7, 11) is 0. The summed E-state index contributed by atoms with van der Waals surface area (Å²) < 4.78 is 44.1. The molecule has 11 heteroatoms. The van der Waals surface area contributed by atoms with E-state index < -0.39 is 17.6 Å². The Labute approximate surface area is 181 Å². The molecule has 1 aliphatic heterocycles. The maximum atomic E-state index is 13.1. The van der Waals surface area contributed by atoms with Crippen molar-refractivity contribution in [2.24, 2.45) is 11.7 Å². The minimum Gasteiger partial charge on any atom is -0.438 e. The molecular weight excluding hydrogens is 425 g/mol. The summed E-state index contributed by atoms with van der Waals surface area (Å²) in [6, 6.07) is 0.765. The predicted molar refractivity (Wildman–Crippen MR) is 114 cm³/mol. The number of furan rings is 1. The third-order valence-corrected chi connectivity index (χ3v) is 5.47. The predicted octanol–water partition coefficient (Wildman–Crippen LogP) is 3.56. The van der Waals surface area contributed by atoms with Crippen molar-refractivity contribution < 1.29 is 22.4 Å². The van der Waals surface area contributed by atoms with Crippen LogP contribution >= 0.6 is 0 Å². The number of nitrogens with one attached hydrogen (secondary N) is 1. The third kappa shape index (κ3) is 4.07. The van der Waals surface area contributed by atoms with E-state index >= 15 is 0 Å². The SMILES string of the molecule is Cc1cncc(NC(=O)c2c(N)oc3cc(C(F)(F)F)cnc23)c1N1CC(C)CC(N)C1. The van der Waals surface area contributed by atoms with Gasteiger partial charge in [0.25, 0.3) is 5.91 Å². The average Bonchev–Trinajstić information content (AvgIpc) is 3.01. The number of amides is 1. The minimum atomic E-state index is -4.60. The van der Waals surface area contributed by atoms with Gasteiger partial charge in [0.15, 0.2) is 5.58 Å². The fourth-order valence-corrected chi connectivity index (χ4v) is 4.21. The van der Waals surface area contributed by atoms with Crippen LogP contribution in [0.1, 0.15) is 34.8 Å². The number of alkyl halides is 3. The number of hydrogen-bond donors (Lipinski definition) is 3. The van der Waals surface area contributed by atoms with E-state index in [-0.39, 0.29) is 28.6 Å². The van der Waals surface area contributed by atoms with Gasteiger partial charge >= 0.3 is 6.18 Å². The Hall–Kier alpha value is -3.34. The molecule has 1 aliphatic rings. The summed E-state index contributed by atoms with van der Waals surface area (Å²) in [5.41, 5.74) is 12.7. The fourth-order valence-electron chi connectivity index (χ4n) is 4.21. The molecule has 0 aliphatic carbocycles. The molecule has 8 nitrogen and oxygen atoms in total. The highest BCUT2D eigenvalue weighted by Gasteiger charge is 2.33. The van der Waals surface area contributed by atoms with Gasteiger partial charge in [0.1, 0.15) is 11.1 Å². The molecule has 3 aromatic heterocycles. The van der Waals surface area contributed by atoms with Crippen LogP contribution in [0.3, 0.4) is 0 Å². The Balaban J connectivity index is 1.69. The fraction of sp³-hybridized carbons (Fsp3) is 0.381. The lowest BCUT2D eigenvalue weighted by atomic mass is 9.95. The van der Waals surface area contributed by atoms with Gasteiger partial charge in [-0.15, -0.1) is 0 Å². The van der Waals surface area contributed by atoms with Crippen molar-refractivity contribution in [2.75, 3.05) is 29.0 Å². The second-order valence-corrected chi connectivity index (χ2v) is 8.22. The Morgan fingerprint density at radius 2 is 2.03 bits per heavy atom. The van der Waals surface area contributed by atoms with Crippen LogP contribution in [0, 0.1) is 12.8 Å². The van der Waals surface area contributed by atoms with Crippen LogP contribution in [0.5, 0.6) is 0 Å². The number of aryl methyl sites for hydroxylation is 1. The van der Waals surface area contributed by atoms with Gasteiger partial charge in [-0.2, -0.15) is 13.2 Å². The van der Waals surface area contributed by atoms with Crippen molar-refractivity contribution >= 4 is 34.3 Å². The first kappa shape index (κ1) is 21.9. The number of pyridine rings is 2. The zero-order chi connectivity index (χ0) is 23.2. The highest BCUT2D eigenvalue weighted by molar-refractivity contribution is 6.15. The van der Waals surface area contributed by atoms with Crippen molar-refractivity contribution in [2.45, 2.75) is 32.5 Å². The summed E-state index contributed by atoms with van der Waals surface area (Å²) in [4.78, 5) is 23.1. The topological polar surface area (TPSA) is 123 Å². The van der Waals surface area contributed by atoms with Crippen molar-refractivity contribution in [3.8, 4) is 0 Å². The van der Waals surface area contributed by atoms with Gasteiger partial charge in [-0.3, -0.25) is 14.8 Å². The Kier molecular flexibility index (Phi) is 5.45. The van der Waals surface area contributed by atoms with Crippen LogP contribution in [0.2, 0.25) is 0 Å². The molecule has 2 atom stereocenters. The van der Waals surface area contributed by atoms with E-state index in [1.165, 1.54) is 6.20 Å². The first-order valence-corrected chi connectivity index (χ1v) is 10.1. The van der Waals surface area contributed by atoms with Gasteiger partial charge in [-0.05, 0) is 30.9 Å². The van der Waals surface area contributed by atoms with Crippen molar-refractivity contribution in [1.82, 2.24) is 9.97 Å².